The van der Waals surface area contributed by atoms with E-state index in [1.165, 1.54) is 0 Å². The van der Waals surface area contributed by atoms with Crippen LogP contribution in [0.3, 0.4) is 0 Å². The lowest BCUT2D eigenvalue weighted by Crippen LogP contribution is -2.30. The summed E-state index contributed by atoms with van der Waals surface area (Å²) in [6.45, 7) is 5.53. The lowest BCUT2D eigenvalue weighted by Gasteiger charge is -2.26. The number of nitrogens with one attached hydrogen (secondary N) is 1. The first-order chi connectivity index (χ1) is 7.57. The Kier molecular flexibility index (Phi) is 2.91. The number of methoxy groups -OCH3 is 1. The molecule has 1 saturated heterocycles. The van der Waals surface area contributed by atoms with Crippen LogP contribution in [0.5, 0.6) is 5.75 Å². The van der Waals surface area contributed by atoms with Crippen LogP contribution >= 0.6 is 0 Å². The maximum atomic E-state index is 10.6. The van der Waals surface area contributed by atoms with Gasteiger partial charge in [0.05, 0.1) is 7.11 Å². The molecule has 1 aliphatic heterocycles. The van der Waals surface area contributed by atoms with Crippen LogP contribution in [0, 0.1) is 13.8 Å². The first-order valence-corrected chi connectivity index (χ1v) is 5.65. The normalized spacial score (nSPS) is 24.8. The van der Waals surface area contributed by atoms with Gasteiger partial charge in [0.1, 0.15) is 11.4 Å². The molecule has 0 bridgehead atoms. The van der Waals surface area contributed by atoms with Gasteiger partial charge in [0.15, 0.2) is 0 Å². The van der Waals surface area contributed by atoms with E-state index in [9.17, 15) is 5.11 Å². The van der Waals surface area contributed by atoms with E-state index in [4.69, 9.17) is 4.74 Å². The molecule has 16 heavy (non-hydrogen) atoms. The SMILES string of the molecule is COc1cc(C)cc(C)c1C1(O)CCNC1. The number of β-amino-alcohol motifs (C(OH)–C–C–N with tert-alkyl or cyclic N) is 1. The van der Waals surface area contributed by atoms with Gasteiger partial charge in [-0.2, -0.15) is 0 Å². The van der Waals surface area contributed by atoms with Crippen LogP contribution < -0.4 is 10.1 Å². The monoisotopic (exact) mass is 221 g/mol. The van der Waals surface area contributed by atoms with Gasteiger partial charge in [0, 0.05) is 12.1 Å². The van der Waals surface area contributed by atoms with Crippen molar-refractivity contribution in [2.24, 2.45) is 0 Å². The van der Waals surface area contributed by atoms with Crippen molar-refractivity contribution in [3.8, 4) is 5.75 Å². The van der Waals surface area contributed by atoms with Gasteiger partial charge in [-0.15, -0.1) is 0 Å². The number of ether oxygens (including phenoxy) is 1. The molecular weight excluding hydrogens is 202 g/mol. The first-order valence-electron chi connectivity index (χ1n) is 5.65. The maximum absolute atomic E-state index is 10.6. The third-order valence-electron chi connectivity index (χ3n) is 3.26. The second-order valence-electron chi connectivity index (χ2n) is 4.62. The molecule has 0 amide bonds. The van der Waals surface area contributed by atoms with E-state index in [0.717, 1.165) is 35.4 Å². The molecule has 1 heterocycles. The van der Waals surface area contributed by atoms with Crippen LogP contribution in [0.1, 0.15) is 23.1 Å². The molecule has 3 heteroatoms. The largest absolute Gasteiger partial charge is 0.496 e. The van der Waals surface area contributed by atoms with Crippen molar-refractivity contribution >= 4 is 0 Å². The molecule has 1 aromatic rings. The maximum Gasteiger partial charge on any atom is 0.125 e. The average Bonchev–Trinajstić information content (AvgIpc) is 2.64. The Morgan fingerprint density at radius 3 is 2.69 bits per heavy atom. The third-order valence-corrected chi connectivity index (χ3v) is 3.26. The molecule has 0 saturated carbocycles. The second kappa shape index (κ2) is 4.07. The van der Waals surface area contributed by atoms with Crippen LogP contribution in [0.25, 0.3) is 0 Å². The summed E-state index contributed by atoms with van der Waals surface area (Å²) in [6.07, 6.45) is 0.743. The molecule has 2 rings (SSSR count). The molecule has 2 N–H and O–H groups in total. The number of hydrogen-bond donors (Lipinski definition) is 2. The van der Waals surface area contributed by atoms with E-state index in [0.29, 0.717) is 6.54 Å². The minimum atomic E-state index is -0.775. The molecule has 0 radical (unpaired) electrons. The zero-order valence-electron chi connectivity index (χ0n) is 10.1. The van der Waals surface area contributed by atoms with Crippen LogP contribution in [-0.4, -0.2) is 25.3 Å². The number of benzene rings is 1. The van der Waals surface area contributed by atoms with Crippen LogP contribution in [0.15, 0.2) is 12.1 Å². The number of aryl methyl sites for hydroxylation is 2. The van der Waals surface area contributed by atoms with Crippen molar-refractivity contribution in [2.75, 3.05) is 20.2 Å². The lowest BCUT2D eigenvalue weighted by molar-refractivity contribution is 0.0554. The highest BCUT2D eigenvalue weighted by Gasteiger charge is 2.36. The Morgan fingerprint density at radius 2 is 2.12 bits per heavy atom. The fourth-order valence-corrected chi connectivity index (χ4v) is 2.58. The van der Waals surface area contributed by atoms with Crippen LogP contribution in [-0.2, 0) is 5.60 Å². The van der Waals surface area contributed by atoms with Crippen molar-refractivity contribution in [1.29, 1.82) is 0 Å². The minimum absolute atomic E-state index is 0.604. The molecule has 0 aromatic heterocycles. The van der Waals surface area contributed by atoms with E-state index in [-0.39, 0.29) is 0 Å². The van der Waals surface area contributed by atoms with Crippen molar-refractivity contribution in [2.45, 2.75) is 25.9 Å². The molecule has 1 unspecified atom stereocenters. The average molecular weight is 221 g/mol. The lowest BCUT2D eigenvalue weighted by atomic mass is 9.87. The van der Waals surface area contributed by atoms with Crippen molar-refractivity contribution in [1.82, 2.24) is 5.32 Å². The summed E-state index contributed by atoms with van der Waals surface area (Å²) in [6, 6.07) is 4.08. The Hall–Kier alpha value is -1.06. The van der Waals surface area contributed by atoms with Gasteiger partial charge in [-0.1, -0.05) is 6.07 Å². The summed E-state index contributed by atoms with van der Waals surface area (Å²) in [5.74, 6) is 0.795. The molecule has 1 atom stereocenters. The Bertz CT molecular complexity index is 395. The fourth-order valence-electron chi connectivity index (χ4n) is 2.58. The van der Waals surface area contributed by atoms with E-state index in [1.54, 1.807) is 7.11 Å². The highest BCUT2D eigenvalue weighted by molar-refractivity contribution is 5.47. The van der Waals surface area contributed by atoms with E-state index >= 15 is 0 Å². The smallest absolute Gasteiger partial charge is 0.125 e. The summed E-state index contributed by atoms with van der Waals surface area (Å²) in [7, 11) is 1.66. The fraction of sp³-hybridized carbons (Fsp3) is 0.538. The van der Waals surface area contributed by atoms with Gasteiger partial charge >= 0.3 is 0 Å². The Balaban J connectivity index is 2.54. The Morgan fingerprint density at radius 1 is 1.38 bits per heavy atom. The quantitative estimate of drug-likeness (QED) is 0.795. The molecule has 3 nitrogen and oxygen atoms in total. The van der Waals surface area contributed by atoms with Gasteiger partial charge in [0.2, 0.25) is 0 Å². The molecule has 1 aromatic carbocycles. The third kappa shape index (κ3) is 1.81. The van der Waals surface area contributed by atoms with Gasteiger partial charge in [-0.05, 0) is 44.0 Å². The van der Waals surface area contributed by atoms with Gasteiger partial charge in [0.25, 0.3) is 0 Å². The zero-order chi connectivity index (χ0) is 11.8. The van der Waals surface area contributed by atoms with Gasteiger partial charge < -0.3 is 15.2 Å². The molecule has 1 fully saturated rings. The standard InChI is InChI=1S/C13H19NO2/c1-9-6-10(2)12(11(7-9)16-3)13(15)4-5-14-8-13/h6-7,14-15H,4-5,8H2,1-3H3. The van der Waals surface area contributed by atoms with Crippen LogP contribution in [0.2, 0.25) is 0 Å². The highest BCUT2D eigenvalue weighted by atomic mass is 16.5. The Labute approximate surface area is 96.4 Å². The summed E-state index contributed by atoms with van der Waals surface area (Å²) < 4.78 is 5.40. The van der Waals surface area contributed by atoms with E-state index < -0.39 is 5.60 Å². The molecular formula is C13H19NO2. The van der Waals surface area contributed by atoms with Gasteiger partial charge in [-0.3, -0.25) is 0 Å². The number of aliphatic hydroxyl groups is 1. The van der Waals surface area contributed by atoms with Crippen molar-refractivity contribution in [3.63, 3.8) is 0 Å². The predicted octanol–water partition coefficient (Wildman–Crippen LogP) is 1.49. The molecule has 0 spiro atoms. The number of hydrogen-bond acceptors (Lipinski definition) is 3. The van der Waals surface area contributed by atoms with E-state index in [2.05, 4.69) is 11.4 Å². The topological polar surface area (TPSA) is 41.5 Å². The second-order valence-corrected chi connectivity index (χ2v) is 4.62. The molecule has 0 aliphatic carbocycles. The first kappa shape index (κ1) is 11.4. The summed E-state index contributed by atoms with van der Waals surface area (Å²) >= 11 is 0. The highest BCUT2D eigenvalue weighted by Crippen LogP contribution is 2.37. The molecule has 88 valence electrons. The number of rotatable bonds is 2. The predicted molar refractivity (Wildman–Crippen MR) is 63.9 cm³/mol. The van der Waals surface area contributed by atoms with Crippen molar-refractivity contribution < 1.29 is 9.84 Å². The molecule has 1 aliphatic rings. The zero-order valence-corrected chi connectivity index (χ0v) is 10.1. The van der Waals surface area contributed by atoms with E-state index in [1.807, 2.05) is 19.9 Å². The summed E-state index contributed by atoms with van der Waals surface area (Å²) in [4.78, 5) is 0. The van der Waals surface area contributed by atoms with Crippen LogP contribution in [0.4, 0.5) is 0 Å². The summed E-state index contributed by atoms with van der Waals surface area (Å²) in [5, 5.41) is 13.8. The minimum Gasteiger partial charge on any atom is -0.496 e. The summed E-state index contributed by atoms with van der Waals surface area (Å²) in [5.41, 5.74) is 2.42. The van der Waals surface area contributed by atoms with Gasteiger partial charge in [-0.25, -0.2) is 0 Å². The van der Waals surface area contributed by atoms with Crippen molar-refractivity contribution in [3.05, 3.63) is 28.8 Å².